The highest BCUT2D eigenvalue weighted by Crippen LogP contribution is 2.34. The summed E-state index contributed by atoms with van der Waals surface area (Å²) >= 11 is 9.68. The van der Waals surface area contributed by atoms with E-state index in [1.54, 1.807) is 73.1 Å². The van der Waals surface area contributed by atoms with E-state index in [2.05, 4.69) is 89.1 Å². The second-order valence-electron chi connectivity index (χ2n) is 11.9. The molecule has 0 radical (unpaired) electrons. The number of hydrogen-bond acceptors (Lipinski definition) is 11. The van der Waals surface area contributed by atoms with Crippen molar-refractivity contribution in [3.8, 4) is 29.8 Å². The minimum Gasteiger partial charge on any atom is -0.437 e. The van der Waals surface area contributed by atoms with Crippen LogP contribution in [0.1, 0.15) is 44.5 Å². The number of nitrogens with one attached hydrogen (secondary N) is 3. The minimum atomic E-state index is 0.358. The van der Waals surface area contributed by atoms with Gasteiger partial charge < -0.3 is 20.7 Å². The molecule has 53 heavy (non-hydrogen) atoms. The van der Waals surface area contributed by atoms with Gasteiger partial charge in [-0.2, -0.15) is 25.8 Å². The molecule has 0 aliphatic heterocycles. The zero-order chi connectivity index (χ0) is 38.1. The van der Waals surface area contributed by atoms with Crippen LogP contribution in [0.25, 0.3) is 0 Å². The Hall–Kier alpha value is -6.52. The molecule has 6 rings (SSSR count). The molecule has 2 aromatic heterocycles. The van der Waals surface area contributed by atoms with Crippen molar-refractivity contribution in [1.29, 1.82) is 15.8 Å². The summed E-state index contributed by atoms with van der Waals surface area (Å²) in [4.78, 5) is 17.3. The van der Waals surface area contributed by atoms with E-state index < -0.39 is 0 Å². The van der Waals surface area contributed by atoms with E-state index in [4.69, 9.17) is 32.1 Å². The predicted octanol–water partition coefficient (Wildman–Crippen LogP) is 10.5. The lowest BCUT2D eigenvalue weighted by molar-refractivity contribution is 0.452. The molecule has 0 atom stereocenters. The molecule has 3 N–H and O–H groups in total. The quantitative estimate of drug-likeness (QED) is 0.134. The van der Waals surface area contributed by atoms with Crippen LogP contribution >= 0.6 is 27.5 Å². The SMILES string of the molecule is Cc1cc(C#N)cc(C)c1Oc1nc(Nc2ccc(C#N)cc2)ncc1Br.Cc1cc(C)c(Nc2nc(Nc3ccc(C#N)cc3)ncc2Cl)c(C)c1. The Labute approximate surface area is 321 Å². The van der Waals surface area contributed by atoms with E-state index in [-0.39, 0.29) is 0 Å². The van der Waals surface area contributed by atoms with Gasteiger partial charge in [0.15, 0.2) is 5.82 Å². The molecule has 2 heterocycles. The topological polar surface area (TPSA) is 168 Å². The van der Waals surface area contributed by atoms with Crippen molar-refractivity contribution >= 4 is 62.3 Å². The van der Waals surface area contributed by atoms with Gasteiger partial charge in [0.25, 0.3) is 0 Å². The largest absolute Gasteiger partial charge is 0.437 e. The number of nitrogens with zero attached hydrogens (tertiary/aromatic N) is 7. The predicted molar refractivity (Wildman–Crippen MR) is 210 cm³/mol. The average Bonchev–Trinajstić information content (AvgIpc) is 3.14. The van der Waals surface area contributed by atoms with Gasteiger partial charge in [-0.3, -0.25) is 0 Å². The van der Waals surface area contributed by atoms with Crippen molar-refractivity contribution < 1.29 is 4.74 Å². The second-order valence-corrected chi connectivity index (χ2v) is 13.2. The molecule has 0 saturated carbocycles. The Balaban J connectivity index is 0.000000204. The molecule has 6 aromatic rings. The van der Waals surface area contributed by atoms with Crippen molar-refractivity contribution in [3.05, 3.63) is 139 Å². The van der Waals surface area contributed by atoms with E-state index in [0.717, 1.165) is 39.3 Å². The molecule has 0 fully saturated rings. The van der Waals surface area contributed by atoms with Gasteiger partial charge in [0.1, 0.15) is 10.8 Å². The normalized spacial score (nSPS) is 10.1. The highest BCUT2D eigenvalue weighted by Gasteiger charge is 2.14. The van der Waals surface area contributed by atoms with Crippen LogP contribution in [0, 0.1) is 68.6 Å². The number of ether oxygens (including phenoxy) is 1. The van der Waals surface area contributed by atoms with Crippen LogP contribution in [-0.2, 0) is 0 Å². The molecule has 262 valence electrons. The molecular formula is C40H32BrClN10O. The number of anilines is 6. The third-order valence-corrected chi connectivity index (χ3v) is 8.53. The van der Waals surface area contributed by atoms with E-state index in [1.807, 2.05) is 27.7 Å². The second kappa shape index (κ2) is 17.1. The first-order valence-electron chi connectivity index (χ1n) is 16.1. The first-order valence-corrected chi connectivity index (χ1v) is 17.3. The fourth-order valence-corrected chi connectivity index (χ4v) is 5.69. The van der Waals surface area contributed by atoms with E-state index in [0.29, 0.717) is 55.5 Å². The lowest BCUT2D eigenvalue weighted by Crippen LogP contribution is -2.03. The molecular weight excluding hydrogens is 752 g/mol. The monoisotopic (exact) mass is 782 g/mol. The summed E-state index contributed by atoms with van der Waals surface area (Å²) in [6.07, 6.45) is 3.16. The van der Waals surface area contributed by atoms with Gasteiger partial charge in [-0.05, 0) is 133 Å². The van der Waals surface area contributed by atoms with Crippen LogP contribution in [0.2, 0.25) is 5.02 Å². The molecule has 13 heteroatoms. The number of nitriles is 3. The Kier molecular flexibility index (Phi) is 12.2. The molecule has 0 aliphatic rings. The van der Waals surface area contributed by atoms with Gasteiger partial charge in [0.2, 0.25) is 17.8 Å². The third kappa shape index (κ3) is 9.84. The minimum absolute atomic E-state index is 0.358. The molecule has 0 saturated heterocycles. The van der Waals surface area contributed by atoms with Gasteiger partial charge in [-0.15, -0.1) is 0 Å². The van der Waals surface area contributed by atoms with Crippen LogP contribution in [0.3, 0.4) is 0 Å². The smallest absolute Gasteiger partial charge is 0.238 e. The molecule has 0 amide bonds. The van der Waals surface area contributed by atoms with E-state index >= 15 is 0 Å². The van der Waals surface area contributed by atoms with Crippen molar-refractivity contribution in [2.75, 3.05) is 16.0 Å². The molecule has 0 aliphatic carbocycles. The molecule has 0 bridgehead atoms. The number of hydrogen-bond donors (Lipinski definition) is 3. The van der Waals surface area contributed by atoms with Gasteiger partial charge in [0, 0.05) is 17.1 Å². The van der Waals surface area contributed by atoms with Crippen molar-refractivity contribution in [2.45, 2.75) is 34.6 Å². The van der Waals surface area contributed by atoms with Gasteiger partial charge in [-0.1, -0.05) is 29.3 Å². The molecule has 11 nitrogen and oxygen atoms in total. The molecule has 0 unspecified atom stereocenters. The summed E-state index contributed by atoms with van der Waals surface area (Å²) in [5, 5.41) is 36.8. The molecule has 0 spiro atoms. The zero-order valence-electron chi connectivity index (χ0n) is 29.4. The number of rotatable bonds is 8. The maximum Gasteiger partial charge on any atom is 0.238 e. The summed E-state index contributed by atoms with van der Waals surface area (Å²) in [5.74, 6) is 2.33. The van der Waals surface area contributed by atoms with E-state index in [9.17, 15) is 0 Å². The van der Waals surface area contributed by atoms with Crippen LogP contribution in [0.5, 0.6) is 11.6 Å². The van der Waals surface area contributed by atoms with Crippen LogP contribution < -0.4 is 20.7 Å². The lowest BCUT2D eigenvalue weighted by Gasteiger charge is -2.15. The van der Waals surface area contributed by atoms with E-state index in [1.165, 1.54) is 5.56 Å². The summed E-state index contributed by atoms with van der Waals surface area (Å²) in [5.41, 5.74) is 9.45. The lowest BCUT2D eigenvalue weighted by atomic mass is 10.1. The maximum atomic E-state index is 9.08. The Morgan fingerprint density at radius 3 is 1.62 bits per heavy atom. The highest BCUT2D eigenvalue weighted by molar-refractivity contribution is 9.10. The van der Waals surface area contributed by atoms with Crippen molar-refractivity contribution in [3.63, 3.8) is 0 Å². The fraction of sp³-hybridized carbons (Fsp3) is 0.125. The summed E-state index contributed by atoms with van der Waals surface area (Å²) in [6.45, 7) is 9.93. The average molecular weight is 784 g/mol. The number of aromatic nitrogens is 4. The van der Waals surface area contributed by atoms with Crippen LogP contribution in [-0.4, -0.2) is 19.9 Å². The standard InChI is InChI=1S/C20H14BrN5O.C20H18ClN5/c1-12-7-15(10-23)8-13(2)18(12)27-19-17(21)11-24-20(26-19)25-16-5-3-14(9-22)4-6-16;1-12-8-13(2)18(14(3)9-12)25-19-17(21)11-23-20(26-19)24-16-6-4-15(10-22)5-7-16/h3-8,11H,1-2H3,(H,24,25,26);4-9,11H,1-3H3,(H2,23,24,25,26). The maximum absolute atomic E-state index is 9.08. The van der Waals surface area contributed by atoms with Gasteiger partial charge in [0.05, 0.1) is 51.8 Å². The van der Waals surface area contributed by atoms with Crippen LogP contribution in [0.15, 0.2) is 89.7 Å². The summed E-state index contributed by atoms with van der Waals surface area (Å²) in [7, 11) is 0. The number of aryl methyl sites for hydroxylation is 5. The van der Waals surface area contributed by atoms with Crippen molar-refractivity contribution in [2.24, 2.45) is 0 Å². The van der Waals surface area contributed by atoms with Gasteiger partial charge in [-0.25, -0.2) is 9.97 Å². The summed E-state index contributed by atoms with van der Waals surface area (Å²) in [6, 6.07) is 28.1. The number of halogens is 2. The third-order valence-electron chi connectivity index (χ3n) is 7.70. The summed E-state index contributed by atoms with van der Waals surface area (Å²) < 4.78 is 6.60. The number of benzene rings is 4. The Morgan fingerprint density at radius 1 is 0.623 bits per heavy atom. The zero-order valence-corrected chi connectivity index (χ0v) is 31.7. The van der Waals surface area contributed by atoms with Gasteiger partial charge >= 0.3 is 0 Å². The Morgan fingerprint density at radius 2 is 1.11 bits per heavy atom. The first-order chi connectivity index (χ1) is 25.5. The first kappa shape index (κ1) is 37.7. The molecule has 4 aromatic carbocycles. The Bertz CT molecular complexity index is 2370. The highest BCUT2D eigenvalue weighted by atomic mass is 79.9. The fourth-order valence-electron chi connectivity index (χ4n) is 5.28. The van der Waals surface area contributed by atoms with Crippen molar-refractivity contribution in [1.82, 2.24) is 19.9 Å². The van der Waals surface area contributed by atoms with Crippen LogP contribution in [0.4, 0.5) is 34.8 Å².